The molecule has 0 aliphatic rings. The number of non-ortho nitro benzene ring substituents is 1. The van der Waals surface area contributed by atoms with Crippen molar-refractivity contribution >= 4 is 22.6 Å². The van der Waals surface area contributed by atoms with Gasteiger partial charge in [-0.2, -0.15) is 0 Å². The molecular formula is C24H24N4O4. The van der Waals surface area contributed by atoms with Crippen molar-refractivity contribution in [2.75, 3.05) is 0 Å². The van der Waals surface area contributed by atoms with E-state index >= 15 is 0 Å². The molecule has 0 aliphatic carbocycles. The van der Waals surface area contributed by atoms with Crippen LogP contribution in [0.1, 0.15) is 49.5 Å². The minimum Gasteiger partial charge on any atom is -0.453 e. The third-order valence-electron chi connectivity index (χ3n) is 5.56. The number of rotatable bonds is 8. The Morgan fingerprint density at radius 2 is 1.97 bits per heavy atom. The van der Waals surface area contributed by atoms with Gasteiger partial charge >= 0.3 is 0 Å². The van der Waals surface area contributed by atoms with Gasteiger partial charge in [0.1, 0.15) is 5.76 Å². The van der Waals surface area contributed by atoms with Gasteiger partial charge in [-0.1, -0.05) is 31.9 Å². The summed E-state index contributed by atoms with van der Waals surface area (Å²) in [5.74, 6) is 1.20. The molecule has 2 N–H and O–H groups in total. The van der Waals surface area contributed by atoms with Crippen LogP contribution in [0.2, 0.25) is 0 Å². The highest BCUT2D eigenvalue weighted by atomic mass is 16.6. The molecular weight excluding hydrogens is 408 g/mol. The molecule has 2 aromatic heterocycles. The molecule has 0 saturated carbocycles. The molecule has 1 unspecified atom stereocenters. The van der Waals surface area contributed by atoms with Gasteiger partial charge in [-0.3, -0.25) is 14.9 Å². The van der Waals surface area contributed by atoms with Crippen LogP contribution in [0.3, 0.4) is 0 Å². The van der Waals surface area contributed by atoms with Crippen LogP contribution in [-0.2, 0) is 0 Å². The van der Waals surface area contributed by atoms with E-state index in [0.717, 1.165) is 24.8 Å². The molecule has 1 amide bonds. The Morgan fingerprint density at radius 3 is 2.69 bits per heavy atom. The van der Waals surface area contributed by atoms with E-state index in [1.165, 1.54) is 12.1 Å². The molecule has 32 heavy (non-hydrogen) atoms. The van der Waals surface area contributed by atoms with Crippen molar-refractivity contribution in [2.24, 2.45) is 5.73 Å². The number of furan rings is 1. The summed E-state index contributed by atoms with van der Waals surface area (Å²) in [4.78, 5) is 27.1. The second-order valence-electron chi connectivity index (χ2n) is 7.84. The van der Waals surface area contributed by atoms with Crippen molar-refractivity contribution in [1.82, 2.24) is 9.55 Å². The summed E-state index contributed by atoms with van der Waals surface area (Å²) < 4.78 is 8.21. The van der Waals surface area contributed by atoms with Crippen LogP contribution >= 0.6 is 0 Å². The predicted molar refractivity (Wildman–Crippen MR) is 122 cm³/mol. The number of fused-ring (bicyclic) bond motifs is 1. The number of hydrogen-bond donors (Lipinski definition) is 1. The topological polar surface area (TPSA) is 117 Å². The quantitative estimate of drug-likeness (QED) is 0.282. The maximum Gasteiger partial charge on any atom is 0.270 e. The zero-order chi connectivity index (χ0) is 22.8. The highest BCUT2D eigenvalue weighted by molar-refractivity contribution is 5.96. The molecule has 0 spiro atoms. The Balaban J connectivity index is 1.82. The van der Waals surface area contributed by atoms with Crippen molar-refractivity contribution < 1.29 is 14.1 Å². The number of carbonyl (C=O) groups excluding carboxylic acids is 1. The van der Waals surface area contributed by atoms with Crippen LogP contribution in [0.4, 0.5) is 5.69 Å². The summed E-state index contributed by atoms with van der Waals surface area (Å²) in [5.41, 5.74) is 8.01. The summed E-state index contributed by atoms with van der Waals surface area (Å²) in [6.07, 6.45) is 3.11. The molecule has 0 radical (unpaired) electrons. The largest absolute Gasteiger partial charge is 0.453 e. The van der Waals surface area contributed by atoms with E-state index in [1.807, 2.05) is 12.1 Å². The third-order valence-corrected chi connectivity index (χ3v) is 5.56. The Kier molecular flexibility index (Phi) is 5.77. The number of nitro benzene ring substituents is 1. The van der Waals surface area contributed by atoms with Gasteiger partial charge in [-0.05, 0) is 43.7 Å². The van der Waals surface area contributed by atoms with E-state index in [1.54, 1.807) is 30.3 Å². The van der Waals surface area contributed by atoms with Gasteiger partial charge in [0.25, 0.3) is 5.69 Å². The number of hydrogen-bond acceptors (Lipinski definition) is 5. The van der Waals surface area contributed by atoms with E-state index in [0.29, 0.717) is 34.0 Å². The molecule has 4 aromatic rings. The SMILES string of the molecule is CCCCC(C)n1c(-c2ccc(-c3cccc([N+](=O)[O-])c3)o2)nc2cc(C(N)=O)ccc21. The van der Waals surface area contributed by atoms with Gasteiger partial charge < -0.3 is 14.7 Å². The Hall–Kier alpha value is -3.94. The predicted octanol–water partition coefficient (Wildman–Crippen LogP) is 5.72. The number of benzene rings is 2. The number of aromatic nitrogens is 2. The standard InChI is InChI=1S/C24H24N4O4/c1-3-4-6-15(2)27-20-10-9-17(23(25)29)14-19(20)26-24(27)22-12-11-21(32-22)16-7-5-8-18(13-16)28(30)31/h5,7-15H,3-4,6H2,1-2H3,(H2,25,29). The molecule has 164 valence electrons. The van der Waals surface area contributed by atoms with E-state index in [9.17, 15) is 14.9 Å². The first kappa shape index (κ1) is 21.3. The van der Waals surface area contributed by atoms with Crippen molar-refractivity contribution in [3.63, 3.8) is 0 Å². The number of imidazole rings is 1. The fourth-order valence-corrected chi connectivity index (χ4v) is 3.89. The molecule has 1 atom stereocenters. The number of unbranched alkanes of at least 4 members (excludes halogenated alkanes) is 1. The van der Waals surface area contributed by atoms with Gasteiger partial charge in [-0.15, -0.1) is 0 Å². The van der Waals surface area contributed by atoms with Crippen LogP contribution < -0.4 is 5.73 Å². The molecule has 2 aromatic carbocycles. The van der Waals surface area contributed by atoms with Crippen LogP contribution in [0.15, 0.2) is 59.0 Å². The maximum absolute atomic E-state index is 11.6. The minimum atomic E-state index is -0.506. The first-order chi connectivity index (χ1) is 15.4. The second-order valence-corrected chi connectivity index (χ2v) is 7.84. The molecule has 2 heterocycles. The normalized spacial score (nSPS) is 12.2. The Bertz CT molecular complexity index is 1300. The van der Waals surface area contributed by atoms with Gasteiger partial charge in [0.15, 0.2) is 11.6 Å². The van der Waals surface area contributed by atoms with Gasteiger partial charge in [0.2, 0.25) is 5.91 Å². The Labute approximate surface area is 184 Å². The molecule has 8 nitrogen and oxygen atoms in total. The van der Waals surface area contributed by atoms with Crippen molar-refractivity contribution in [3.05, 3.63) is 70.3 Å². The van der Waals surface area contributed by atoms with Crippen LogP contribution in [0.25, 0.3) is 33.9 Å². The van der Waals surface area contributed by atoms with E-state index in [-0.39, 0.29) is 11.7 Å². The summed E-state index contributed by atoms with van der Waals surface area (Å²) >= 11 is 0. The molecule has 0 fully saturated rings. The fourth-order valence-electron chi connectivity index (χ4n) is 3.89. The second kappa shape index (κ2) is 8.66. The minimum absolute atomic E-state index is 0.000132. The van der Waals surface area contributed by atoms with E-state index < -0.39 is 10.8 Å². The number of primary amides is 1. The van der Waals surface area contributed by atoms with Gasteiger partial charge in [0.05, 0.1) is 16.0 Å². The average molecular weight is 432 g/mol. The summed E-state index contributed by atoms with van der Waals surface area (Å²) in [6, 6.07) is 15.3. The van der Waals surface area contributed by atoms with E-state index in [2.05, 4.69) is 18.4 Å². The van der Waals surface area contributed by atoms with Crippen LogP contribution in [0, 0.1) is 10.1 Å². The lowest BCUT2D eigenvalue weighted by molar-refractivity contribution is -0.384. The average Bonchev–Trinajstić information content (AvgIpc) is 3.42. The van der Waals surface area contributed by atoms with Gasteiger partial charge in [0, 0.05) is 29.3 Å². The maximum atomic E-state index is 11.6. The zero-order valence-corrected chi connectivity index (χ0v) is 17.9. The molecule has 8 heteroatoms. The molecule has 0 bridgehead atoms. The summed E-state index contributed by atoms with van der Waals surface area (Å²) in [6.45, 7) is 4.28. The number of nitro groups is 1. The Morgan fingerprint density at radius 1 is 1.19 bits per heavy atom. The first-order valence-corrected chi connectivity index (χ1v) is 10.6. The van der Waals surface area contributed by atoms with Gasteiger partial charge in [-0.25, -0.2) is 4.98 Å². The van der Waals surface area contributed by atoms with E-state index in [4.69, 9.17) is 15.1 Å². The van der Waals surface area contributed by atoms with Crippen molar-refractivity contribution in [3.8, 4) is 22.9 Å². The molecule has 0 saturated heterocycles. The van der Waals surface area contributed by atoms with Crippen LogP contribution in [0.5, 0.6) is 0 Å². The number of nitrogens with zero attached hydrogens (tertiary/aromatic N) is 3. The lowest BCUT2D eigenvalue weighted by atomic mass is 10.1. The summed E-state index contributed by atoms with van der Waals surface area (Å²) in [7, 11) is 0. The highest BCUT2D eigenvalue weighted by Gasteiger charge is 2.21. The van der Waals surface area contributed by atoms with Crippen molar-refractivity contribution in [2.45, 2.75) is 39.2 Å². The lowest BCUT2D eigenvalue weighted by Crippen LogP contribution is -2.10. The molecule has 0 aliphatic heterocycles. The zero-order valence-electron chi connectivity index (χ0n) is 17.9. The fraction of sp³-hybridized carbons (Fsp3) is 0.250. The number of carbonyl (C=O) groups is 1. The third kappa shape index (κ3) is 3.99. The number of amides is 1. The summed E-state index contributed by atoms with van der Waals surface area (Å²) in [5, 5.41) is 11.1. The highest BCUT2D eigenvalue weighted by Crippen LogP contribution is 2.34. The smallest absolute Gasteiger partial charge is 0.270 e. The monoisotopic (exact) mass is 432 g/mol. The van der Waals surface area contributed by atoms with Crippen molar-refractivity contribution in [1.29, 1.82) is 0 Å². The first-order valence-electron chi connectivity index (χ1n) is 10.6. The number of nitrogens with two attached hydrogens (primary N) is 1. The molecule has 4 rings (SSSR count). The lowest BCUT2D eigenvalue weighted by Gasteiger charge is -2.16. The van der Waals surface area contributed by atoms with Crippen LogP contribution in [-0.4, -0.2) is 20.4 Å².